The molecule has 1 fully saturated rings. The highest BCUT2D eigenvalue weighted by atomic mass is 16.3. The summed E-state index contributed by atoms with van der Waals surface area (Å²) < 4.78 is 0. The van der Waals surface area contributed by atoms with Crippen LogP contribution in [0.25, 0.3) is 0 Å². The molecule has 1 saturated heterocycles. The predicted molar refractivity (Wildman–Crippen MR) is 75.5 cm³/mol. The topological polar surface area (TPSA) is 114 Å². The molecule has 0 saturated carbocycles. The third kappa shape index (κ3) is 5.88. The van der Waals surface area contributed by atoms with E-state index in [2.05, 4.69) is 37.3 Å². The molecule has 0 bridgehead atoms. The summed E-state index contributed by atoms with van der Waals surface area (Å²) in [6.45, 7) is 6.00. The van der Waals surface area contributed by atoms with Gasteiger partial charge in [0.25, 0.3) is 6.47 Å². The minimum absolute atomic E-state index is 0.0379. The van der Waals surface area contributed by atoms with Crippen molar-refractivity contribution in [1.82, 2.24) is 30.3 Å². The Labute approximate surface area is 123 Å². The Kier molecular flexibility index (Phi) is 7.33. The maximum atomic E-state index is 12.0. The molecule has 0 aliphatic carbocycles. The Morgan fingerprint density at radius 3 is 2.67 bits per heavy atom. The summed E-state index contributed by atoms with van der Waals surface area (Å²) in [6, 6.07) is -0.0957. The lowest BCUT2D eigenvalue weighted by Gasteiger charge is -2.35. The van der Waals surface area contributed by atoms with E-state index in [-0.39, 0.29) is 18.4 Å². The highest BCUT2D eigenvalue weighted by molar-refractivity contribution is 5.81. The summed E-state index contributed by atoms with van der Waals surface area (Å²) in [5.41, 5.74) is 0. The Balaban J connectivity index is 0.000000677. The van der Waals surface area contributed by atoms with Crippen LogP contribution in [0.5, 0.6) is 0 Å². The first kappa shape index (κ1) is 17.1. The number of aromatic amines is 1. The van der Waals surface area contributed by atoms with Crippen LogP contribution < -0.4 is 5.32 Å². The average Bonchev–Trinajstić information content (AvgIpc) is 2.99. The number of hydrogen-bond acceptors (Lipinski definition) is 6. The van der Waals surface area contributed by atoms with E-state index >= 15 is 0 Å². The summed E-state index contributed by atoms with van der Waals surface area (Å²) >= 11 is 0. The van der Waals surface area contributed by atoms with E-state index in [4.69, 9.17) is 9.90 Å². The zero-order valence-corrected chi connectivity index (χ0v) is 12.3. The van der Waals surface area contributed by atoms with Gasteiger partial charge in [0.05, 0.1) is 12.6 Å². The van der Waals surface area contributed by atoms with Crippen molar-refractivity contribution in [2.75, 3.05) is 33.2 Å². The van der Waals surface area contributed by atoms with Crippen LogP contribution in [0.1, 0.15) is 12.7 Å². The molecule has 1 amide bonds. The van der Waals surface area contributed by atoms with Crippen molar-refractivity contribution in [3.05, 3.63) is 12.2 Å². The van der Waals surface area contributed by atoms with Crippen molar-refractivity contribution in [2.45, 2.75) is 19.5 Å². The smallest absolute Gasteiger partial charge is 0.290 e. The standard InChI is InChI=1S/C11H20N6O.CH2O2/c1-9(17-5-3-16(2)4-6-17)11(18)12-7-10-13-8-14-15-10;2-1-3/h8-9H,3-7H2,1-2H3,(H,12,18)(H,13,14,15);1H,(H,2,3). The fraction of sp³-hybridized carbons (Fsp3) is 0.667. The maximum Gasteiger partial charge on any atom is 0.290 e. The zero-order chi connectivity index (χ0) is 15.7. The van der Waals surface area contributed by atoms with E-state index in [1.165, 1.54) is 6.33 Å². The first-order valence-corrected chi connectivity index (χ1v) is 6.71. The second-order valence-corrected chi connectivity index (χ2v) is 4.77. The molecule has 1 aromatic rings. The third-order valence-corrected chi connectivity index (χ3v) is 3.36. The van der Waals surface area contributed by atoms with Crippen LogP contribution in [0, 0.1) is 0 Å². The lowest BCUT2D eigenvalue weighted by Crippen LogP contribution is -2.52. The largest absolute Gasteiger partial charge is 0.483 e. The van der Waals surface area contributed by atoms with Crippen LogP contribution in [-0.2, 0) is 16.1 Å². The highest BCUT2D eigenvalue weighted by Gasteiger charge is 2.24. The van der Waals surface area contributed by atoms with Gasteiger partial charge >= 0.3 is 0 Å². The fourth-order valence-corrected chi connectivity index (χ4v) is 2.01. The molecular weight excluding hydrogens is 276 g/mol. The molecule has 2 rings (SSSR count). The fourth-order valence-electron chi connectivity index (χ4n) is 2.01. The molecular formula is C12H22N6O3. The van der Waals surface area contributed by atoms with Crippen LogP contribution in [0.3, 0.4) is 0 Å². The molecule has 0 aromatic carbocycles. The van der Waals surface area contributed by atoms with Crippen molar-refractivity contribution >= 4 is 12.4 Å². The number of hydrogen-bond donors (Lipinski definition) is 3. The number of nitrogens with one attached hydrogen (secondary N) is 2. The quantitative estimate of drug-likeness (QED) is 0.595. The normalized spacial score (nSPS) is 17.4. The summed E-state index contributed by atoms with van der Waals surface area (Å²) in [4.78, 5) is 28.8. The molecule has 1 aliphatic heterocycles. The molecule has 1 aliphatic rings. The molecule has 1 unspecified atom stereocenters. The summed E-state index contributed by atoms with van der Waals surface area (Å²) in [6.07, 6.45) is 1.44. The van der Waals surface area contributed by atoms with Crippen LogP contribution in [0.15, 0.2) is 6.33 Å². The lowest BCUT2D eigenvalue weighted by atomic mass is 10.2. The first-order valence-electron chi connectivity index (χ1n) is 6.71. The minimum atomic E-state index is -0.250. The molecule has 9 heteroatoms. The molecule has 118 valence electrons. The minimum Gasteiger partial charge on any atom is -0.483 e. The van der Waals surface area contributed by atoms with Gasteiger partial charge in [0.2, 0.25) is 5.91 Å². The number of aromatic nitrogens is 3. The van der Waals surface area contributed by atoms with Crippen molar-refractivity contribution in [3.63, 3.8) is 0 Å². The Hall–Kier alpha value is -2.00. The number of rotatable bonds is 4. The Morgan fingerprint density at radius 2 is 2.14 bits per heavy atom. The zero-order valence-electron chi connectivity index (χ0n) is 12.3. The number of H-pyrrole nitrogens is 1. The maximum absolute atomic E-state index is 12.0. The van der Waals surface area contributed by atoms with E-state index in [9.17, 15) is 4.79 Å². The van der Waals surface area contributed by atoms with Gasteiger partial charge < -0.3 is 15.3 Å². The van der Waals surface area contributed by atoms with Crippen molar-refractivity contribution in [1.29, 1.82) is 0 Å². The van der Waals surface area contributed by atoms with Crippen LogP contribution >= 0.6 is 0 Å². The number of carboxylic acid groups (broad SMARTS) is 1. The van der Waals surface area contributed by atoms with Gasteiger partial charge in [0.1, 0.15) is 12.2 Å². The van der Waals surface area contributed by atoms with Gasteiger partial charge in [-0.1, -0.05) is 0 Å². The molecule has 3 N–H and O–H groups in total. The Bertz CT molecular complexity index is 417. The first-order chi connectivity index (χ1) is 10.1. The highest BCUT2D eigenvalue weighted by Crippen LogP contribution is 2.05. The number of piperazine rings is 1. The van der Waals surface area contributed by atoms with Gasteiger partial charge in [-0.05, 0) is 14.0 Å². The molecule has 0 spiro atoms. The number of likely N-dealkylation sites (N-methyl/N-ethyl adjacent to an activating group) is 1. The van der Waals surface area contributed by atoms with Gasteiger partial charge in [0.15, 0.2) is 0 Å². The van der Waals surface area contributed by atoms with E-state index in [0.717, 1.165) is 26.2 Å². The molecule has 2 heterocycles. The van der Waals surface area contributed by atoms with Gasteiger partial charge in [0, 0.05) is 26.2 Å². The van der Waals surface area contributed by atoms with E-state index < -0.39 is 0 Å². The third-order valence-electron chi connectivity index (χ3n) is 3.36. The number of amides is 1. The number of nitrogens with zero attached hydrogens (tertiary/aromatic N) is 4. The van der Waals surface area contributed by atoms with E-state index in [0.29, 0.717) is 12.4 Å². The summed E-state index contributed by atoms with van der Waals surface area (Å²) in [5.74, 6) is 0.713. The molecule has 1 aromatic heterocycles. The number of carbonyl (C=O) groups excluding carboxylic acids is 1. The monoisotopic (exact) mass is 298 g/mol. The summed E-state index contributed by atoms with van der Waals surface area (Å²) in [7, 11) is 2.10. The van der Waals surface area contributed by atoms with Gasteiger partial charge in [-0.25, -0.2) is 4.98 Å². The van der Waals surface area contributed by atoms with Gasteiger partial charge in [-0.3, -0.25) is 19.6 Å². The molecule has 9 nitrogen and oxygen atoms in total. The van der Waals surface area contributed by atoms with Crippen molar-refractivity contribution in [3.8, 4) is 0 Å². The van der Waals surface area contributed by atoms with Gasteiger partial charge in [-0.2, -0.15) is 5.10 Å². The molecule has 0 radical (unpaired) electrons. The molecule has 21 heavy (non-hydrogen) atoms. The van der Waals surface area contributed by atoms with Gasteiger partial charge in [-0.15, -0.1) is 0 Å². The average molecular weight is 298 g/mol. The van der Waals surface area contributed by atoms with Crippen molar-refractivity contribution < 1.29 is 14.7 Å². The second kappa shape index (κ2) is 9.03. The predicted octanol–water partition coefficient (Wildman–Crippen LogP) is -1.24. The molecule has 1 atom stereocenters. The Morgan fingerprint density at radius 1 is 1.52 bits per heavy atom. The second-order valence-electron chi connectivity index (χ2n) is 4.77. The van der Waals surface area contributed by atoms with Crippen LogP contribution in [0.4, 0.5) is 0 Å². The van der Waals surface area contributed by atoms with E-state index in [1.807, 2.05) is 6.92 Å². The van der Waals surface area contributed by atoms with Crippen LogP contribution in [0.2, 0.25) is 0 Å². The number of carbonyl (C=O) groups is 2. The van der Waals surface area contributed by atoms with E-state index in [1.54, 1.807) is 0 Å². The summed E-state index contributed by atoms with van der Waals surface area (Å²) in [5, 5.41) is 16.2. The SMILES string of the molecule is CC(C(=O)NCc1ncn[nH]1)N1CCN(C)CC1.O=CO. The lowest BCUT2D eigenvalue weighted by molar-refractivity contribution is -0.126. The van der Waals surface area contributed by atoms with Crippen LogP contribution in [-0.4, -0.2) is 81.7 Å². The van der Waals surface area contributed by atoms with Crippen molar-refractivity contribution in [2.24, 2.45) is 0 Å².